The van der Waals surface area contributed by atoms with E-state index in [1.165, 1.54) is 0 Å². The minimum absolute atomic E-state index is 0.351. The molecular weight excluding hydrogens is 485 g/mol. The highest BCUT2D eigenvalue weighted by Crippen LogP contribution is 2.36. The standard InChI is InChI=1S/C13H9F6IN4O2/c1-25-10-22-9(21-7-4-2-6(20)3-5-7)23-11(24-10)26-8(12(14,15)16)13(17,18)19/h2-5,8H,1H3,(H,21,22,23,24). The summed E-state index contributed by atoms with van der Waals surface area (Å²) in [6, 6.07) is 4.92. The highest BCUT2D eigenvalue weighted by atomic mass is 127. The van der Waals surface area contributed by atoms with E-state index in [1.54, 1.807) is 24.3 Å². The lowest BCUT2D eigenvalue weighted by atomic mass is 10.3. The predicted molar refractivity (Wildman–Crippen MR) is 85.3 cm³/mol. The summed E-state index contributed by atoms with van der Waals surface area (Å²) in [5, 5.41) is 2.61. The smallest absolute Gasteiger partial charge is 0.434 e. The Morgan fingerprint density at radius 2 is 1.46 bits per heavy atom. The van der Waals surface area contributed by atoms with Gasteiger partial charge in [-0.1, -0.05) is 0 Å². The second-order valence-corrected chi connectivity index (χ2v) is 5.89. The van der Waals surface area contributed by atoms with Crippen molar-refractivity contribution in [1.29, 1.82) is 0 Å². The maximum Gasteiger partial charge on any atom is 0.434 e. The van der Waals surface area contributed by atoms with E-state index in [-0.39, 0.29) is 5.95 Å². The molecule has 13 heteroatoms. The van der Waals surface area contributed by atoms with Gasteiger partial charge in [0.25, 0.3) is 6.10 Å². The highest BCUT2D eigenvalue weighted by Gasteiger charge is 2.59. The summed E-state index contributed by atoms with van der Waals surface area (Å²) in [5.41, 5.74) is 0.438. The van der Waals surface area contributed by atoms with E-state index in [9.17, 15) is 26.3 Å². The molecule has 2 aromatic rings. The van der Waals surface area contributed by atoms with Crippen molar-refractivity contribution >= 4 is 34.2 Å². The molecule has 1 N–H and O–H groups in total. The van der Waals surface area contributed by atoms with E-state index < -0.39 is 30.5 Å². The van der Waals surface area contributed by atoms with Gasteiger partial charge in [-0.3, -0.25) is 0 Å². The number of nitrogens with one attached hydrogen (secondary N) is 1. The molecule has 142 valence electrons. The molecule has 0 radical (unpaired) electrons. The van der Waals surface area contributed by atoms with Crippen molar-refractivity contribution in [3.8, 4) is 12.0 Å². The first-order valence-corrected chi connectivity index (χ1v) is 7.69. The molecule has 6 nitrogen and oxygen atoms in total. The largest absolute Gasteiger partial charge is 0.467 e. The molecular formula is C13H9F6IN4O2. The minimum atomic E-state index is -5.71. The first kappa shape index (κ1) is 20.3. The van der Waals surface area contributed by atoms with Crippen molar-refractivity contribution in [1.82, 2.24) is 15.0 Å². The molecule has 1 aromatic heterocycles. The zero-order chi connectivity index (χ0) is 19.5. The Labute approximate surface area is 156 Å². The van der Waals surface area contributed by atoms with Gasteiger partial charge in [-0.25, -0.2) is 0 Å². The molecule has 0 aliphatic rings. The molecule has 0 aliphatic carbocycles. The number of aromatic nitrogens is 3. The molecule has 0 atom stereocenters. The van der Waals surface area contributed by atoms with Gasteiger partial charge >= 0.3 is 24.4 Å². The lowest BCUT2D eigenvalue weighted by Crippen LogP contribution is -2.46. The van der Waals surface area contributed by atoms with Gasteiger partial charge in [-0.2, -0.15) is 36.3 Å². The maximum atomic E-state index is 12.6. The number of ether oxygens (including phenoxy) is 2. The lowest BCUT2D eigenvalue weighted by molar-refractivity contribution is -0.301. The number of rotatable bonds is 5. The van der Waals surface area contributed by atoms with E-state index in [0.29, 0.717) is 5.69 Å². The molecule has 0 spiro atoms. The summed E-state index contributed by atoms with van der Waals surface area (Å²) in [6.07, 6.45) is -15.5. The summed E-state index contributed by atoms with van der Waals surface area (Å²) < 4.78 is 85.1. The number of methoxy groups -OCH3 is 1. The van der Waals surface area contributed by atoms with Gasteiger partial charge in [0.05, 0.1) is 7.11 Å². The molecule has 0 unspecified atom stereocenters. The van der Waals surface area contributed by atoms with Crippen LogP contribution in [-0.4, -0.2) is 40.5 Å². The minimum Gasteiger partial charge on any atom is -0.467 e. The summed E-state index contributed by atoms with van der Waals surface area (Å²) >= 11 is 2.05. The third-order valence-corrected chi connectivity index (χ3v) is 3.41. The molecule has 2 rings (SSSR count). The molecule has 0 saturated heterocycles. The second-order valence-electron chi connectivity index (χ2n) is 4.64. The first-order valence-electron chi connectivity index (χ1n) is 6.62. The fourth-order valence-corrected chi connectivity index (χ4v) is 1.98. The molecule has 0 bridgehead atoms. The fraction of sp³-hybridized carbons (Fsp3) is 0.308. The molecule has 0 fully saturated rings. The summed E-state index contributed by atoms with van der Waals surface area (Å²) in [7, 11) is 1.08. The number of halogens is 7. The van der Waals surface area contributed by atoms with Crippen LogP contribution in [0.1, 0.15) is 0 Å². The SMILES string of the molecule is COc1nc(Nc2ccc(I)cc2)nc(OC(C(F)(F)F)C(F)(F)F)n1. The Balaban J connectivity index is 2.32. The molecule has 1 aromatic carbocycles. The van der Waals surface area contributed by atoms with Crippen LogP contribution >= 0.6 is 22.6 Å². The van der Waals surface area contributed by atoms with Crippen LogP contribution in [0.15, 0.2) is 24.3 Å². The Hall–Kier alpha value is -2.06. The van der Waals surface area contributed by atoms with Crippen LogP contribution in [0.4, 0.5) is 38.0 Å². The Morgan fingerprint density at radius 1 is 0.923 bits per heavy atom. The summed E-state index contributed by atoms with van der Waals surface area (Å²) in [6.45, 7) is 0. The van der Waals surface area contributed by atoms with Gasteiger partial charge in [-0.15, -0.1) is 4.98 Å². The van der Waals surface area contributed by atoms with Crippen LogP contribution in [-0.2, 0) is 0 Å². The van der Waals surface area contributed by atoms with Gasteiger partial charge in [0, 0.05) is 9.26 Å². The number of alkyl halides is 6. The Morgan fingerprint density at radius 3 is 1.96 bits per heavy atom. The number of nitrogens with zero attached hydrogens (tertiary/aromatic N) is 3. The number of anilines is 2. The van der Waals surface area contributed by atoms with Crippen molar-refractivity contribution in [2.45, 2.75) is 18.5 Å². The predicted octanol–water partition coefficient (Wildman–Crippen LogP) is 4.10. The van der Waals surface area contributed by atoms with Gasteiger partial charge < -0.3 is 14.8 Å². The Kier molecular flexibility index (Phi) is 5.98. The Bertz CT molecular complexity index is 740. The van der Waals surface area contributed by atoms with E-state index in [1.807, 2.05) is 22.6 Å². The van der Waals surface area contributed by atoms with Crippen molar-refractivity contribution < 1.29 is 35.8 Å². The van der Waals surface area contributed by atoms with Crippen LogP contribution in [0.3, 0.4) is 0 Å². The summed E-state index contributed by atoms with van der Waals surface area (Å²) in [4.78, 5) is 10.4. The molecule has 0 aliphatic heterocycles. The third kappa shape index (κ3) is 5.47. The van der Waals surface area contributed by atoms with E-state index in [4.69, 9.17) is 0 Å². The first-order chi connectivity index (χ1) is 12.0. The third-order valence-electron chi connectivity index (χ3n) is 2.70. The van der Waals surface area contributed by atoms with Crippen molar-refractivity contribution in [3.63, 3.8) is 0 Å². The van der Waals surface area contributed by atoms with Gasteiger partial charge in [0.15, 0.2) is 0 Å². The van der Waals surface area contributed by atoms with Crippen LogP contribution < -0.4 is 14.8 Å². The topological polar surface area (TPSA) is 69.2 Å². The van der Waals surface area contributed by atoms with E-state index in [2.05, 4.69) is 29.7 Å². The zero-order valence-electron chi connectivity index (χ0n) is 12.7. The van der Waals surface area contributed by atoms with Gasteiger partial charge in [0.2, 0.25) is 5.95 Å². The van der Waals surface area contributed by atoms with Crippen LogP contribution in [0.25, 0.3) is 0 Å². The highest BCUT2D eigenvalue weighted by molar-refractivity contribution is 14.1. The maximum absolute atomic E-state index is 12.6. The number of hydrogen-bond acceptors (Lipinski definition) is 6. The van der Waals surface area contributed by atoms with Gasteiger partial charge in [0.1, 0.15) is 0 Å². The lowest BCUT2D eigenvalue weighted by Gasteiger charge is -2.22. The molecule has 0 amide bonds. The average Bonchev–Trinajstić information content (AvgIpc) is 2.52. The van der Waals surface area contributed by atoms with Crippen molar-refractivity contribution in [3.05, 3.63) is 27.8 Å². The number of benzene rings is 1. The molecule has 1 heterocycles. The fourth-order valence-electron chi connectivity index (χ4n) is 1.62. The van der Waals surface area contributed by atoms with Crippen LogP contribution in [0.5, 0.6) is 12.0 Å². The monoisotopic (exact) mass is 494 g/mol. The number of hydrogen-bond donors (Lipinski definition) is 1. The molecule has 26 heavy (non-hydrogen) atoms. The van der Waals surface area contributed by atoms with Crippen molar-refractivity contribution in [2.75, 3.05) is 12.4 Å². The average molecular weight is 494 g/mol. The zero-order valence-corrected chi connectivity index (χ0v) is 14.8. The van der Waals surface area contributed by atoms with E-state index >= 15 is 0 Å². The quantitative estimate of drug-likeness (QED) is 0.499. The van der Waals surface area contributed by atoms with Crippen LogP contribution in [0.2, 0.25) is 0 Å². The normalized spacial score (nSPS) is 12.2. The van der Waals surface area contributed by atoms with Crippen LogP contribution in [0, 0.1) is 3.57 Å². The van der Waals surface area contributed by atoms with E-state index in [0.717, 1.165) is 10.7 Å². The van der Waals surface area contributed by atoms with Crippen molar-refractivity contribution in [2.24, 2.45) is 0 Å². The molecule has 0 saturated carbocycles. The summed E-state index contributed by atoms with van der Waals surface area (Å²) in [5.74, 6) is -0.351. The second kappa shape index (κ2) is 7.67. The van der Waals surface area contributed by atoms with Gasteiger partial charge in [-0.05, 0) is 46.9 Å².